The number of nitrogens with zero attached hydrogens (tertiary/aromatic N) is 1. The molecule has 7 nitrogen and oxygen atoms in total. The van der Waals surface area contributed by atoms with E-state index in [-0.39, 0.29) is 36.3 Å². The smallest absolute Gasteiger partial charge is 0.315 e. The average Bonchev–Trinajstić information content (AvgIpc) is 3.25. The van der Waals surface area contributed by atoms with Crippen molar-refractivity contribution in [2.75, 3.05) is 19.6 Å². The molecule has 0 aromatic heterocycles. The minimum Gasteiger partial charge on any atom is -0.392 e. The fourth-order valence-electron chi connectivity index (χ4n) is 11.6. The number of aliphatic hydroxyl groups excluding tert-OH is 1. The van der Waals surface area contributed by atoms with Gasteiger partial charge in [0, 0.05) is 30.1 Å². The first-order chi connectivity index (χ1) is 29.3. The van der Waals surface area contributed by atoms with Gasteiger partial charge >= 0.3 is 6.03 Å². The predicted octanol–water partition coefficient (Wildman–Crippen LogP) is 12.4. The van der Waals surface area contributed by atoms with Crippen LogP contribution in [0, 0.1) is 23.7 Å². The van der Waals surface area contributed by atoms with Crippen LogP contribution in [0.2, 0.25) is 0 Å². The van der Waals surface area contributed by atoms with Crippen LogP contribution in [-0.4, -0.2) is 47.3 Å². The number of urea groups is 1. The van der Waals surface area contributed by atoms with Gasteiger partial charge in [0.2, 0.25) is 0 Å². The van der Waals surface area contributed by atoms with Gasteiger partial charge in [0.25, 0.3) is 0 Å². The normalized spacial score (nSPS) is 27.1. The monoisotopic (exact) mass is 820 g/mol. The number of unbranched alkanes of at least 4 members (excludes halogenated alkanes) is 10. The van der Waals surface area contributed by atoms with Gasteiger partial charge in [-0.3, -0.25) is 0 Å². The first kappa shape index (κ1) is 44.8. The van der Waals surface area contributed by atoms with Gasteiger partial charge in [0.05, 0.1) is 18.8 Å². The van der Waals surface area contributed by atoms with Crippen LogP contribution in [0.4, 0.5) is 4.79 Å². The van der Waals surface area contributed by atoms with Gasteiger partial charge in [-0.2, -0.15) is 0 Å². The summed E-state index contributed by atoms with van der Waals surface area (Å²) in [5.74, 6) is 2.53. The third-order valence-electron chi connectivity index (χ3n) is 14.6. The minimum absolute atomic E-state index is 0.00232. The van der Waals surface area contributed by atoms with E-state index in [4.69, 9.17) is 9.47 Å². The number of hydrogen-bond donors (Lipinski definition) is 3. The standard InChI is InChI=1S/C53H77N3O4/c1-4-6-8-10-12-16-28-56(29-17-13-11-9-7-5-2)37-49-39(3)50(45-22-20-40(38-57)21-23-45)60-51(59-49)46-26-24-44(25-27-46)48-19-15-14-18-47(48)36-54-52(58)55-53-33-41-30-42(34-53)32-43(31-41)35-53/h14-15,18-27,39,41-43,49-51,57H,4-13,16-17,28-38H2,1-3H3,(H2,54,55,58)/t39-,41?,42?,43?,49+,50+,51+,53?/m1/s1. The Bertz CT molecular complexity index is 1690. The zero-order chi connectivity index (χ0) is 41.7. The lowest BCUT2D eigenvalue weighted by Gasteiger charge is -2.56. The van der Waals surface area contributed by atoms with Gasteiger partial charge in [-0.15, -0.1) is 0 Å². The second kappa shape index (κ2) is 22.2. The van der Waals surface area contributed by atoms with Gasteiger partial charge in [-0.1, -0.05) is 158 Å². The van der Waals surface area contributed by atoms with Crippen LogP contribution in [0.1, 0.15) is 171 Å². The summed E-state index contributed by atoms with van der Waals surface area (Å²) in [5.41, 5.74) is 6.38. The summed E-state index contributed by atoms with van der Waals surface area (Å²) in [6, 6.07) is 25.3. The largest absolute Gasteiger partial charge is 0.392 e. The van der Waals surface area contributed by atoms with Gasteiger partial charge in [0.15, 0.2) is 6.29 Å². The van der Waals surface area contributed by atoms with Crippen LogP contribution in [0.5, 0.6) is 0 Å². The number of benzene rings is 3. The molecule has 3 N–H and O–H groups in total. The van der Waals surface area contributed by atoms with Crippen LogP contribution in [0.3, 0.4) is 0 Å². The molecule has 8 rings (SSSR count). The molecule has 4 saturated carbocycles. The topological polar surface area (TPSA) is 83.1 Å². The average molecular weight is 820 g/mol. The minimum atomic E-state index is -0.502. The van der Waals surface area contributed by atoms with E-state index >= 15 is 0 Å². The van der Waals surface area contributed by atoms with Crippen molar-refractivity contribution >= 4 is 6.03 Å². The van der Waals surface area contributed by atoms with E-state index in [1.54, 1.807) is 0 Å². The molecule has 3 aromatic carbocycles. The van der Waals surface area contributed by atoms with Crippen LogP contribution in [-0.2, 0) is 22.6 Å². The van der Waals surface area contributed by atoms with E-state index < -0.39 is 6.29 Å². The Morgan fingerprint density at radius 1 is 0.717 bits per heavy atom. The molecule has 1 aliphatic heterocycles. The number of nitrogens with one attached hydrogen (secondary N) is 2. The predicted molar refractivity (Wildman–Crippen MR) is 244 cm³/mol. The van der Waals surface area contributed by atoms with Crippen molar-refractivity contribution in [3.63, 3.8) is 0 Å². The van der Waals surface area contributed by atoms with E-state index in [2.05, 4.69) is 97.0 Å². The van der Waals surface area contributed by atoms with Crippen LogP contribution in [0.15, 0.2) is 72.8 Å². The van der Waals surface area contributed by atoms with Crippen molar-refractivity contribution < 1.29 is 19.4 Å². The third kappa shape index (κ3) is 12.0. The summed E-state index contributed by atoms with van der Waals surface area (Å²) in [4.78, 5) is 16.1. The molecule has 4 aliphatic carbocycles. The summed E-state index contributed by atoms with van der Waals surface area (Å²) >= 11 is 0. The molecule has 2 amide bonds. The molecule has 3 aromatic rings. The molecule has 1 saturated heterocycles. The highest BCUT2D eigenvalue weighted by Crippen LogP contribution is 2.55. The second-order valence-corrected chi connectivity index (χ2v) is 19.4. The number of rotatable bonds is 23. The molecular formula is C53H77N3O4. The summed E-state index contributed by atoms with van der Waals surface area (Å²) in [6.07, 6.45) is 22.5. The summed E-state index contributed by atoms with van der Waals surface area (Å²) < 4.78 is 13.9. The highest BCUT2D eigenvalue weighted by atomic mass is 16.7. The zero-order valence-electron chi connectivity index (χ0n) is 37.4. The number of hydrogen-bond acceptors (Lipinski definition) is 5. The SMILES string of the molecule is CCCCCCCCN(CCCCCCCC)C[C@@H]1O[C@H](c2ccc(-c3ccccc3CNC(=O)NC34CC5CC(CC(C5)C3)C4)cc2)O[C@H](c2ccc(CO)cc2)[C@@H]1C. The molecule has 0 radical (unpaired) electrons. The van der Waals surface area contributed by atoms with E-state index in [9.17, 15) is 9.90 Å². The van der Waals surface area contributed by atoms with Crippen molar-refractivity contribution in [3.05, 3.63) is 95.1 Å². The molecule has 1 heterocycles. The maximum atomic E-state index is 13.4. The van der Waals surface area contributed by atoms with Crippen molar-refractivity contribution in [1.29, 1.82) is 0 Å². The number of aliphatic hydroxyl groups is 1. The molecule has 0 spiro atoms. The van der Waals surface area contributed by atoms with Crippen molar-refractivity contribution in [1.82, 2.24) is 15.5 Å². The number of carbonyl (C=O) groups is 1. The lowest BCUT2D eigenvalue weighted by molar-refractivity contribution is -0.276. The number of amides is 2. The Balaban J connectivity index is 1.03. The Morgan fingerprint density at radius 3 is 1.88 bits per heavy atom. The lowest BCUT2D eigenvalue weighted by atomic mass is 9.53. The van der Waals surface area contributed by atoms with E-state index in [0.29, 0.717) is 6.54 Å². The molecule has 4 bridgehead atoms. The maximum absolute atomic E-state index is 13.4. The fourth-order valence-corrected chi connectivity index (χ4v) is 11.6. The molecule has 328 valence electrons. The van der Waals surface area contributed by atoms with E-state index in [1.165, 1.54) is 96.3 Å². The maximum Gasteiger partial charge on any atom is 0.315 e. The van der Waals surface area contributed by atoms with Crippen molar-refractivity contribution in [2.45, 2.75) is 174 Å². The molecule has 60 heavy (non-hydrogen) atoms. The summed E-state index contributed by atoms with van der Waals surface area (Å²) in [5, 5.41) is 16.5. The lowest BCUT2D eigenvalue weighted by Crippen LogP contribution is -2.61. The van der Waals surface area contributed by atoms with Gasteiger partial charge in [0.1, 0.15) is 0 Å². The molecule has 4 atom stereocenters. The Hall–Kier alpha value is -3.23. The van der Waals surface area contributed by atoms with Crippen LogP contribution < -0.4 is 10.6 Å². The van der Waals surface area contributed by atoms with Crippen LogP contribution in [0.25, 0.3) is 11.1 Å². The van der Waals surface area contributed by atoms with Gasteiger partial charge < -0.3 is 30.1 Å². The Kier molecular flexibility index (Phi) is 16.6. The number of ether oxygens (including phenoxy) is 2. The molecule has 5 fully saturated rings. The quantitative estimate of drug-likeness (QED) is 0.0830. The van der Waals surface area contributed by atoms with Crippen LogP contribution >= 0.6 is 0 Å². The highest BCUT2D eigenvalue weighted by molar-refractivity contribution is 5.76. The molecule has 7 heteroatoms. The van der Waals surface area contributed by atoms with Gasteiger partial charge in [-0.05, 0) is 110 Å². The van der Waals surface area contributed by atoms with Crippen molar-refractivity contribution in [3.8, 4) is 11.1 Å². The molecule has 5 aliphatic rings. The van der Waals surface area contributed by atoms with E-state index in [0.717, 1.165) is 90.0 Å². The van der Waals surface area contributed by atoms with Crippen molar-refractivity contribution in [2.24, 2.45) is 23.7 Å². The molecule has 0 unspecified atom stereocenters. The first-order valence-electron chi connectivity index (χ1n) is 24.3. The summed E-state index contributed by atoms with van der Waals surface area (Å²) in [6.45, 7) is 10.5. The third-order valence-corrected chi connectivity index (χ3v) is 14.6. The zero-order valence-corrected chi connectivity index (χ0v) is 37.4. The number of carbonyl (C=O) groups excluding carboxylic acids is 1. The van der Waals surface area contributed by atoms with Gasteiger partial charge in [-0.25, -0.2) is 4.79 Å². The molecular weight excluding hydrogens is 743 g/mol. The fraction of sp³-hybridized carbons (Fsp3) is 0.642. The Labute approximate surface area is 362 Å². The first-order valence-corrected chi connectivity index (χ1v) is 24.3. The summed E-state index contributed by atoms with van der Waals surface area (Å²) in [7, 11) is 0. The Morgan fingerprint density at radius 2 is 1.28 bits per heavy atom. The second-order valence-electron chi connectivity index (χ2n) is 19.4. The highest BCUT2D eigenvalue weighted by Gasteiger charge is 2.51. The van der Waals surface area contributed by atoms with E-state index in [1.807, 2.05) is 12.1 Å².